The molecule has 0 aliphatic carbocycles. The first-order valence-electron chi connectivity index (χ1n) is 9.25. The van der Waals surface area contributed by atoms with Crippen molar-refractivity contribution >= 4 is 12.1 Å². The molecule has 0 aliphatic heterocycles. The molecule has 0 aromatic carbocycles. The van der Waals surface area contributed by atoms with E-state index in [0.29, 0.717) is 19.0 Å². The van der Waals surface area contributed by atoms with Gasteiger partial charge in [0.25, 0.3) is 0 Å². The summed E-state index contributed by atoms with van der Waals surface area (Å²) in [5.74, 6) is 0.683. The van der Waals surface area contributed by atoms with Gasteiger partial charge in [-0.15, -0.1) is 0 Å². The van der Waals surface area contributed by atoms with Gasteiger partial charge in [-0.1, -0.05) is 24.9 Å². The van der Waals surface area contributed by atoms with E-state index in [1.807, 2.05) is 27.7 Å². The quantitative estimate of drug-likeness (QED) is 0.458. The Morgan fingerprint density at radius 1 is 1.35 bits per heavy atom. The maximum Gasteiger partial charge on any atom is 0.407 e. The van der Waals surface area contributed by atoms with Crippen LogP contribution >= 0.6 is 0 Å². The smallest absolute Gasteiger partial charge is 0.407 e. The number of guanidine groups is 1. The second-order valence-corrected chi connectivity index (χ2v) is 7.05. The molecule has 1 aromatic rings. The molecule has 1 aromatic heterocycles. The summed E-state index contributed by atoms with van der Waals surface area (Å²) in [4.78, 5) is 16.4. The summed E-state index contributed by atoms with van der Waals surface area (Å²) in [7, 11) is 0. The normalized spacial score (nSPS) is 13.2. The zero-order chi connectivity index (χ0) is 19.4. The number of hydrogen-bond acceptors (Lipinski definition) is 5. The van der Waals surface area contributed by atoms with Gasteiger partial charge < -0.3 is 25.2 Å². The van der Waals surface area contributed by atoms with Crippen LogP contribution in [0.4, 0.5) is 4.79 Å². The number of aliphatic imine (C=N–C) groups is 1. The van der Waals surface area contributed by atoms with Gasteiger partial charge in [-0.25, -0.2) is 9.79 Å². The summed E-state index contributed by atoms with van der Waals surface area (Å²) in [6.45, 7) is 11.3. The summed E-state index contributed by atoms with van der Waals surface area (Å²) in [6.07, 6.45) is 4.17. The van der Waals surface area contributed by atoms with Crippen LogP contribution in [0.3, 0.4) is 0 Å². The van der Waals surface area contributed by atoms with E-state index in [0.717, 1.165) is 31.5 Å². The molecule has 1 amide bonds. The zero-order valence-corrected chi connectivity index (χ0v) is 16.6. The molecule has 8 nitrogen and oxygen atoms in total. The number of nitrogens with zero attached hydrogens (tertiary/aromatic N) is 2. The van der Waals surface area contributed by atoms with Gasteiger partial charge in [0.05, 0.1) is 6.54 Å². The number of nitrogens with one attached hydrogen (secondary N) is 3. The van der Waals surface area contributed by atoms with Crippen LogP contribution in [0.25, 0.3) is 0 Å². The van der Waals surface area contributed by atoms with Crippen LogP contribution in [0.15, 0.2) is 21.8 Å². The standard InChI is InChI=1S/C18H33N5O3/c1-6-8-9-14(12-21-17(24)26-18(3,4)5)22-16(19-7-2)20-13-15-10-11-25-23-15/h10-11,14H,6-9,12-13H2,1-5H3,(H,21,24)(H2,19,20,22). The van der Waals surface area contributed by atoms with E-state index in [1.165, 1.54) is 6.26 Å². The molecule has 26 heavy (non-hydrogen) atoms. The Hall–Kier alpha value is -2.25. The number of ether oxygens (including phenoxy) is 1. The Labute approximate surface area is 156 Å². The van der Waals surface area contributed by atoms with E-state index < -0.39 is 11.7 Å². The lowest BCUT2D eigenvalue weighted by atomic mass is 10.1. The van der Waals surface area contributed by atoms with Crippen LogP contribution in [-0.2, 0) is 11.3 Å². The fourth-order valence-corrected chi connectivity index (χ4v) is 2.19. The Bertz CT molecular complexity index is 538. The fourth-order valence-electron chi connectivity index (χ4n) is 2.19. The molecular weight excluding hydrogens is 334 g/mol. The lowest BCUT2D eigenvalue weighted by Gasteiger charge is -2.24. The second-order valence-electron chi connectivity index (χ2n) is 7.05. The molecule has 0 spiro atoms. The minimum atomic E-state index is -0.510. The number of hydrogen-bond donors (Lipinski definition) is 3. The molecule has 8 heteroatoms. The van der Waals surface area contributed by atoms with Gasteiger partial charge in [0.15, 0.2) is 5.96 Å². The molecular formula is C18H33N5O3. The number of amides is 1. The first-order valence-corrected chi connectivity index (χ1v) is 9.25. The van der Waals surface area contributed by atoms with Crippen LogP contribution in [0.1, 0.15) is 59.6 Å². The summed E-state index contributed by atoms with van der Waals surface area (Å²) >= 11 is 0. The predicted molar refractivity (Wildman–Crippen MR) is 102 cm³/mol. The molecule has 1 heterocycles. The highest BCUT2D eigenvalue weighted by Crippen LogP contribution is 2.07. The van der Waals surface area contributed by atoms with Crippen molar-refractivity contribution < 1.29 is 14.1 Å². The molecule has 0 fully saturated rings. The predicted octanol–water partition coefficient (Wildman–Crippen LogP) is 2.81. The first kappa shape index (κ1) is 21.8. The van der Waals surface area contributed by atoms with Crippen LogP contribution < -0.4 is 16.0 Å². The third-order valence-corrected chi connectivity index (χ3v) is 3.37. The van der Waals surface area contributed by atoms with Crippen LogP contribution in [0.2, 0.25) is 0 Å². The van der Waals surface area contributed by atoms with Crippen LogP contribution in [0, 0.1) is 0 Å². The van der Waals surface area contributed by atoms with E-state index in [2.05, 4.69) is 33.0 Å². The third-order valence-electron chi connectivity index (χ3n) is 3.37. The van der Waals surface area contributed by atoms with Gasteiger partial charge in [0, 0.05) is 25.2 Å². The molecule has 0 saturated carbocycles. The highest BCUT2D eigenvalue weighted by Gasteiger charge is 2.18. The molecule has 1 atom stereocenters. The third kappa shape index (κ3) is 9.90. The highest BCUT2D eigenvalue weighted by molar-refractivity contribution is 5.80. The second kappa shape index (κ2) is 11.4. The molecule has 148 valence electrons. The SMILES string of the molecule is CCCCC(CNC(=O)OC(C)(C)C)NC(=NCc1ccon1)NCC. The minimum absolute atomic E-state index is 0.0533. The Morgan fingerprint density at radius 2 is 2.12 bits per heavy atom. The summed E-state index contributed by atoms with van der Waals surface area (Å²) in [5.41, 5.74) is 0.254. The Kier molecular flexibility index (Phi) is 9.54. The molecule has 0 saturated heterocycles. The fraction of sp³-hybridized carbons (Fsp3) is 0.722. The van der Waals surface area contributed by atoms with Crippen molar-refractivity contribution in [1.82, 2.24) is 21.1 Å². The average Bonchev–Trinajstić information content (AvgIpc) is 3.07. The van der Waals surface area contributed by atoms with E-state index in [-0.39, 0.29) is 6.04 Å². The molecule has 1 unspecified atom stereocenters. The van der Waals surface area contributed by atoms with Gasteiger partial charge >= 0.3 is 6.09 Å². The average molecular weight is 367 g/mol. The van der Waals surface area contributed by atoms with Crippen molar-refractivity contribution in [3.05, 3.63) is 18.0 Å². The maximum atomic E-state index is 11.9. The van der Waals surface area contributed by atoms with Crippen LogP contribution in [-0.4, -0.2) is 41.9 Å². The van der Waals surface area contributed by atoms with Crippen molar-refractivity contribution in [3.63, 3.8) is 0 Å². The van der Waals surface area contributed by atoms with E-state index in [1.54, 1.807) is 6.07 Å². The minimum Gasteiger partial charge on any atom is -0.444 e. The van der Waals surface area contributed by atoms with Gasteiger partial charge in [0.1, 0.15) is 17.6 Å². The van der Waals surface area contributed by atoms with Crippen molar-refractivity contribution in [2.45, 2.75) is 72.1 Å². The van der Waals surface area contributed by atoms with E-state index in [4.69, 9.17) is 9.26 Å². The molecule has 0 bridgehead atoms. The molecule has 1 rings (SSSR count). The number of unbranched alkanes of at least 4 members (excludes halogenated alkanes) is 1. The van der Waals surface area contributed by atoms with Gasteiger partial charge in [0.2, 0.25) is 0 Å². The number of carbonyl (C=O) groups is 1. The maximum absolute atomic E-state index is 11.9. The largest absolute Gasteiger partial charge is 0.444 e. The zero-order valence-electron chi connectivity index (χ0n) is 16.6. The van der Waals surface area contributed by atoms with Gasteiger partial charge in [-0.3, -0.25) is 0 Å². The number of rotatable bonds is 9. The van der Waals surface area contributed by atoms with E-state index in [9.17, 15) is 4.79 Å². The first-order chi connectivity index (χ1) is 12.3. The summed E-state index contributed by atoms with van der Waals surface area (Å²) < 4.78 is 10.1. The van der Waals surface area contributed by atoms with Crippen LogP contribution in [0.5, 0.6) is 0 Å². The number of aromatic nitrogens is 1. The van der Waals surface area contributed by atoms with Gasteiger partial charge in [-0.2, -0.15) is 0 Å². The Balaban J connectivity index is 2.63. The topological polar surface area (TPSA) is 101 Å². The number of alkyl carbamates (subject to hydrolysis) is 1. The molecule has 3 N–H and O–H groups in total. The highest BCUT2D eigenvalue weighted by atomic mass is 16.6. The summed E-state index contributed by atoms with van der Waals surface area (Å²) in [6, 6.07) is 1.84. The molecule has 0 aliphatic rings. The van der Waals surface area contributed by atoms with Crippen molar-refractivity contribution in [2.24, 2.45) is 4.99 Å². The lowest BCUT2D eigenvalue weighted by Crippen LogP contribution is -2.49. The lowest BCUT2D eigenvalue weighted by molar-refractivity contribution is 0.0523. The van der Waals surface area contributed by atoms with Crippen molar-refractivity contribution in [1.29, 1.82) is 0 Å². The number of carbonyl (C=O) groups excluding carboxylic acids is 1. The monoisotopic (exact) mass is 367 g/mol. The van der Waals surface area contributed by atoms with E-state index >= 15 is 0 Å². The van der Waals surface area contributed by atoms with Crippen molar-refractivity contribution in [3.8, 4) is 0 Å². The molecule has 0 radical (unpaired) electrons. The van der Waals surface area contributed by atoms with Gasteiger partial charge in [-0.05, 0) is 34.1 Å². The Morgan fingerprint density at radius 3 is 2.69 bits per heavy atom. The van der Waals surface area contributed by atoms with Crippen molar-refractivity contribution in [2.75, 3.05) is 13.1 Å². The summed E-state index contributed by atoms with van der Waals surface area (Å²) in [5, 5.41) is 13.3.